The van der Waals surface area contributed by atoms with Crippen LogP contribution in [0, 0.1) is 27.7 Å². The van der Waals surface area contributed by atoms with Gasteiger partial charge in [-0.2, -0.15) is 4.98 Å². The Kier molecular flexibility index (Phi) is 5.42. The van der Waals surface area contributed by atoms with Gasteiger partial charge in [0.2, 0.25) is 5.91 Å². The third kappa shape index (κ3) is 3.63. The topological polar surface area (TPSA) is 107 Å². The number of thiophene rings is 1. The minimum atomic E-state index is -0.718. The Morgan fingerprint density at radius 3 is 2.48 bits per heavy atom. The van der Waals surface area contributed by atoms with Gasteiger partial charge in [-0.3, -0.25) is 14.2 Å². The number of nitrogens with one attached hydrogen (secondary N) is 1. The SMILES string of the molecule is CCC(C(=O)Nc1sc(C)c(C)c1C(N)=O)n1c(C)cc(C)nc1=O. The van der Waals surface area contributed by atoms with Crippen LogP contribution in [-0.2, 0) is 4.79 Å². The Morgan fingerprint density at radius 2 is 1.96 bits per heavy atom. The number of carbonyl (C=O) groups is 2. The van der Waals surface area contributed by atoms with E-state index in [1.807, 2.05) is 13.8 Å². The first-order valence-electron chi connectivity index (χ1n) is 7.94. The maximum Gasteiger partial charge on any atom is 0.348 e. The summed E-state index contributed by atoms with van der Waals surface area (Å²) in [7, 11) is 0. The van der Waals surface area contributed by atoms with Crippen molar-refractivity contribution >= 4 is 28.2 Å². The molecule has 2 aromatic heterocycles. The average Bonchev–Trinajstić information content (AvgIpc) is 2.76. The van der Waals surface area contributed by atoms with E-state index in [1.165, 1.54) is 15.9 Å². The van der Waals surface area contributed by atoms with Crippen LogP contribution in [-0.4, -0.2) is 21.4 Å². The fourth-order valence-corrected chi connectivity index (χ4v) is 3.90. The van der Waals surface area contributed by atoms with E-state index >= 15 is 0 Å². The molecule has 2 rings (SSSR count). The summed E-state index contributed by atoms with van der Waals surface area (Å²) in [5, 5.41) is 3.18. The molecule has 7 nitrogen and oxygen atoms in total. The average molecular weight is 362 g/mol. The highest BCUT2D eigenvalue weighted by molar-refractivity contribution is 7.16. The van der Waals surface area contributed by atoms with Gasteiger partial charge in [0, 0.05) is 16.3 Å². The van der Waals surface area contributed by atoms with Crippen molar-refractivity contribution in [3.05, 3.63) is 43.9 Å². The minimum absolute atomic E-state index is 0.316. The molecule has 0 aliphatic heterocycles. The number of aromatic nitrogens is 2. The van der Waals surface area contributed by atoms with Crippen molar-refractivity contribution in [2.45, 2.75) is 47.1 Å². The predicted molar refractivity (Wildman–Crippen MR) is 98.2 cm³/mol. The number of amides is 2. The summed E-state index contributed by atoms with van der Waals surface area (Å²) in [6.45, 7) is 8.96. The molecule has 2 amide bonds. The summed E-state index contributed by atoms with van der Waals surface area (Å²) in [5.41, 5.74) is 7.31. The molecule has 3 N–H and O–H groups in total. The number of nitrogens with two attached hydrogens (primary N) is 1. The van der Waals surface area contributed by atoms with Gasteiger partial charge in [0.1, 0.15) is 11.0 Å². The van der Waals surface area contributed by atoms with Gasteiger partial charge in [0.15, 0.2) is 0 Å². The second-order valence-corrected chi connectivity index (χ2v) is 7.18. The molecule has 0 aliphatic rings. The van der Waals surface area contributed by atoms with Gasteiger partial charge in [-0.25, -0.2) is 4.79 Å². The lowest BCUT2D eigenvalue weighted by atomic mass is 10.1. The second kappa shape index (κ2) is 7.18. The number of anilines is 1. The maximum atomic E-state index is 12.8. The highest BCUT2D eigenvalue weighted by atomic mass is 32.1. The van der Waals surface area contributed by atoms with E-state index < -0.39 is 17.6 Å². The van der Waals surface area contributed by atoms with E-state index in [1.54, 1.807) is 26.8 Å². The van der Waals surface area contributed by atoms with E-state index in [0.717, 1.165) is 10.4 Å². The zero-order valence-corrected chi connectivity index (χ0v) is 15.8. The fraction of sp³-hybridized carbons (Fsp3) is 0.412. The molecule has 2 aromatic rings. The van der Waals surface area contributed by atoms with E-state index in [-0.39, 0.29) is 5.91 Å². The maximum absolute atomic E-state index is 12.8. The third-order valence-electron chi connectivity index (χ3n) is 4.15. The van der Waals surface area contributed by atoms with Crippen molar-refractivity contribution < 1.29 is 9.59 Å². The van der Waals surface area contributed by atoms with Gasteiger partial charge < -0.3 is 11.1 Å². The molecule has 0 saturated carbocycles. The molecule has 1 atom stereocenters. The number of primary amides is 1. The minimum Gasteiger partial charge on any atom is -0.365 e. The van der Waals surface area contributed by atoms with Crippen LogP contribution in [0.4, 0.5) is 5.00 Å². The highest BCUT2D eigenvalue weighted by Gasteiger charge is 2.25. The van der Waals surface area contributed by atoms with Crippen LogP contribution < -0.4 is 16.7 Å². The molecule has 0 radical (unpaired) electrons. The van der Waals surface area contributed by atoms with Crippen LogP contribution in [0.5, 0.6) is 0 Å². The molecule has 0 aromatic carbocycles. The van der Waals surface area contributed by atoms with Gasteiger partial charge in [-0.1, -0.05) is 6.92 Å². The number of hydrogen-bond donors (Lipinski definition) is 2. The largest absolute Gasteiger partial charge is 0.365 e. The monoisotopic (exact) mass is 362 g/mol. The van der Waals surface area contributed by atoms with Crippen molar-refractivity contribution in [3.8, 4) is 0 Å². The number of hydrogen-bond acceptors (Lipinski definition) is 5. The normalized spacial score (nSPS) is 12.0. The van der Waals surface area contributed by atoms with Crippen LogP contribution in [0.3, 0.4) is 0 Å². The molecule has 2 heterocycles. The van der Waals surface area contributed by atoms with E-state index in [2.05, 4.69) is 10.3 Å². The summed E-state index contributed by atoms with van der Waals surface area (Å²) in [6.07, 6.45) is 0.409. The zero-order valence-electron chi connectivity index (χ0n) is 15.0. The van der Waals surface area contributed by atoms with Crippen molar-refractivity contribution in [2.24, 2.45) is 5.73 Å². The van der Waals surface area contributed by atoms with Crippen LogP contribution in [0.15, 0.2) is 10.9 Å². The summed E-state index contributed by atoms with van der Waals surface area (Å²) in [5.74, 6) is -0.961. The Morgan fingerprint density at radius 1 is 1.32 bits per heavy atom. The van der Waals surface area contributed by atoms with Gasteiger partial charge in [-0.15, -0.1) is 11.3 Å². The van der Waals surface area contributed by atoms with Crippen molar-refractivity contribution in [2.75, 3.05) is 5.32 Å². The Labute approximate surface area is 149 Å². The van der Waals surface area contributed by atoms with Gasteiger partial charge in [0.25, 0.3) is 5.91 Å². The summed E-state index contributed by atoms with van der Waals surface area (Å²) < 4.78 is 1.37. The quantitative estimate of drug-likeness (QED) is 0.850. The molecule has 0 saturated heterocycles. The molecule has 0 bridgehead atoms. The standard InChI is InChI=1S/C17H22N4O3S/c1-6-12(21-9(3)7-8(2)19-17(21)24)15(23)20-16-13(14(18)22)10(4)11(5)25-16/h7,12H,6H2,1-5H3,(H2,18,22)(H,20,23). The van der Waals surface area contributed by atoms with E-state index in [4.69, 9.17) is 5.73 Å². The van der Waals surface area contributed by atoms with Crippen LogP contribution in [0.2, 0.25) is 0 Å². The lowest BCUT2D eigenvalue weighted by Crippen LogP contribution is -2.36. The predicted octanol–water partition coefficient (Wildman–Crippen LogP) is 2.23. The van der Waals surface area contributed by atoms with Crippen molar-refractivity contribution in [1.82, 2.24) is 9.55 Å². The highest BCUT2D eigenvalue weighted by Crippen LogP contribution is 2.32. The van der Waals surface area contributed by atoms with Gasteiger partial charge in [-0.05, 0) is 45.7 Å². The molecule has 8 heteroatoms. The fourth-order valence-electron chi connectivity index (χ4n) is 2.83. The number of rotatable bonds is 5. The first-order valence-corrected chi connectivity index (χ1v) is 8.76. The lowest BCUT2D eigenvalue weighted by molar-refractivity contribution is -0.119. The Bertz CT molecular complexity index is 898. The molecule has 0 spiro atoms. The van der Waals surface area contributed by atoms with Crippen LogP contribution in [0.25, 0.3) is 0 Å². The summed E-state index contributed by atoms with van der Waals surface area (Å²) in [4.78, 5) is 41.6. The smallest absolute Gasteiger partial charge is 0.348 e. The second-order valence-electron chi connectivity index (χ2n) is 5.96. The molecular formula is C17H22N4O3S. The molecule has 0 aliphatic carbocycles. The first-order chi connectivity index (χ1) is 11.7. The molecule has 25 heavy (non-hydrogen) atoms. The van der Waals surface area contributed by atoms with Gasteiger partial charge >= 0.3 is 5.69 Å². The zero-order chi connectivity index (χ0) is 18.9. The molecule has 1 unspecified atom stereocenters. The van der Waals surface area contributed by atoms with Crippen molar-refractivity contribution in [1.29, 1.82) is 0 Å². The number of nitrogens with zero attached hydrogens (tertiary/aromatic N) is 2. The van der Waals surface area contributed by atoms with E-state index in [0.29, 0.717) is 28.4 Å². The van der Waals surface area contributed by atoms with Crippen LogP contribution in [0.1, 0.15) is 51.6 Å². The first kappa shape index (κ1) is 18.9. The summed E-state index contributed by atoms with van der Waals surface area (Å²) >= 11 is 1.30. The summed E-state index contributed by atoms with van der Waals surface area (Å²) in [6, 6.07) is 1.04. The van der Waals surface area contributed by atoms with E-state index in [9.17, 15) is 14.4 Å². The Balaban J connectivity index is 2.42. The number of carbonyl (C=O) groups excluding carboxylic acids is 2. The molecule has 134 valence electrons. The number of aryl methyl sites for hydroxylation is 3. The van der Waals surface area contributed by atoms with Crippen LogP contribution >= 0.6 is 11.3 Å². The van der Waals surface area contributed by atoms with Crippen molar-refractivity contribution in [3.63, 3.8) is 0 Å². The molecule has 0 fully saturated rings. The van der Waals surface area contributed by atoms with Gasteiger partial charge in [0.05, 0.1) is 5.56 Å². The Hall–Kier alpha value is -2.48. The molecular weight excluding hydrogens is 340 g/mol. The third-order valence-corrected chi connectivity index (χ3v) is 5.27. The lowest BCUT2D eigenvalue weighted by Gasteiger charge is -2.20.